The maximum Gasteiger partial charge on any atom is -0.00203 e. The van der Waals surface area contributed by atoms with E-state index in [0.717, 1.165) is 17.8 Å². The lowest BCUT2D eigenvalue weighted by molar-refractivity contribution is 0.315. The highest BCUT2D eigenvalue weighted by molar-refractivity contribution is 4.67. The van der Waals surface area contributed by atoms with E-state index in [4.69, 9.17) is 0 Å². The molecule has 0 bridgehead atoms. The van der Waals surface area contributed by atoms with Gasteiger partial charge in [0.1, 0.15) is 0 Å². The molecule has 0 fully saturated rings. The Hall–Kier alpha value is -0.0400. The molecule has 0 aliphatic rings. The van der Waals surface area contributed by atoms with Gasteiger partial charge in [-0.3, -0.25) is 0 Å². The highest BCUT2D eigenvalue weighted by Crippen LogP contribution is 2.21. The molecule has 1 nitrogen and oxygen atoms in total. The van der Waals surface area contributed by atoms with Crippen molar-refractivity contribution in [2.75, 3.05) is 13.1 Å². The van der Waals surface area contributed by atoms with Crippen molar-refractivity contribution in [3.8, 4) is 0 Å². The van der Waals surface area contributed by atoms with E-state index in [-0.39, 0.29) is 0 Å². The van der Waals surface area contributed by atoms with E-state index in [0.29, 0.717) is 0 Å². The SMILES string of the molecule is CCCNCC(CC(C)C)CC(C)CC. The summed E-state index contributed by atoms with van der Waals surface area (Å²) in [6.45, 7) is 14.0. The third-order valence-corrected chi connectivity index (χ3v) is 3.10. The summed E-state index contributed by atoms with van der Waals surface area (Å²) in [7, 11) is 0. The van der Waals surface area contributed by atoms with Crippen molar-refractivity contribution in [2.24, 2.45) is 17.8 Å². The van der Waals surface area contributed by atoms with Gasteiger partial charge in [0.05, 0.1) is 0 Å². The fraction of sp³-hybridized carbons (Fsp3) is 1.00. The van der Waals surface area contributed by atoms with E-state index in [2.05, 4.69) is 39.9 Å². The second kappa shape index (κ2) is 9.21. The molecule has 15 heavy (non-hydrogen) atoms. The van der Waals surface area contributed by atoms with Crippen LogP contribution in [0.15, 0.2) is 0 Å². The minimum Gasteiger partial charge on any atom is -0.316 e. The Labute approximate surface area is 97.0 Å². The molecule has 0 aromatic carbocycles. The molecule has 0 aliphatic carbocycles. The summed E-state index contributed by atoms with van der Waals surface area (Å²) in [5.41, 5.74) is 0. The van der Waals surface area contributed by atoms with Crippen molar-refractivity contribution in [3.63, 3.8) is 0 Å². The first-order chi connectivity index (χ1) is 7.10. The van der Waals surface area contributed by atoms with Crippen LogP contribution in [0.5, 0.6) is 0 Å². The van der Waals surface area contributed by atoms with E-state index in [1.54, 1.807) is 0 Å². The third-order valence-electron chi connectivity index (χ3n) is 3.10. The van der Waals surface area contributed by atoms with Crippen molar-refractivity contribution in [3.05, 3.63) is 0 Å². The lowest BCUT2D eigenvalue weighted by Crippen LogP contribution is -2.25. The summed E-state index contributed by atoms with van der Waals surface area (Å²) in [6.07, 6.45) is 5.34. The van der Waals surface area contributed by atoms with Gasteiger partial charge in [0.15, 0.2) is 0 Å². The Bertz CT molecular complexity index is 131. The van der Waals surface area contributed by atoms with E-state index in [1.807, 2.05) is 0 Å². The summed E-state index contributed by atoms with van der Waals surface area (Å²) in [5, 5.41) is 3.57. The fourth-order valence-electron chi connectivity index (χ4n) is 2.15. The smallest absolute Gasteiger partial charge is 0.00203 e. The minimum atomic E-state index is 0.836. The van der Waals surface area contributed by atoms with Crippen LogP contribution in [-0.2, 0) is 0 Å². The highest BCUT2D eigenvalue weighted by Gasteiger charge is 2.13. The molecular formula is C14H31N. The topological polar surface area (TPSA) is 12.0 Å². The number of rotatable bonds is 9. The summed E-state index contributed by atoms with van der Waals surface area (Å²) in [5.74, 6) is 2.60. The number of hydrogen-bond acceptors (Lipinski definition) is 1. The van der Waals surface area contributed by atoms with Crippen LogP contribution >= 0.6 is 0 Å². The Kier molecular flexibility index (Phi) is 9.18. The first-order valence-corrected chi connectivity index (χ1v) is 6.80. The average Bonchev–Trinajstić information content (AvgIpc) is 2.17. The van der Waals surface area contributed by atoms with Crippen molar-refractivity contribution in [1.82, 2.24) is 5.32 Å². The molecule has 0 heterocycles. The first-order valence-electron chi connectivity index (χ1n) is 6.80. The van der Waals surface area contributed by atoms with Gasteiger partial charge < -0.3 is 5.32 Å². The molecule has 0 radical (unpaired) electrons. The summed E-state index contributed by atoms with van der Waals surface area (Å²) in [6, 6.07) is 0. The molecule has 0 saturated heterocycles. The predicted octanol–water partition coefficient (Wildman–Crippen LogP) is 4.08. The van der Waals surface area contributed by atoms with E-state index in [1.165, 1.54) is 38.8 Å². The maximum absolute atomic E-state index is 3.57. The standard InChI is InChI=1S/C14H31N/c1-6-8-15-11-14(9-12(3)4)10-13(5)7-2/h12-15H,6-11H2,1-5H3. The van der Waals surface area contributed by atoms with Crippen molar-refractivity contribution in [1.29, 1.82) is 0 Å². The van der Waals surface area contributed by atoms with Gasteiger partial charge in [0, 0.05) is 0 Å². The normalized spacial score (nSPS) is 15.6. The molecule has 0 aromatic rings. The molecule has 0 rings (SSSR count). The van der Waals surface area contributed by atoms with Gasteiger partial charge in [0.2, 0.25) is 0 Å². The van der Waals surface area contributed by atoms with Crippen LogP contribution in [0.4, 0.5) is 0 Å². The molecular weight excluding hydrogens is 182 g/mol. The van der Waals surface area contributed by atoms with Crippen LogP contribution in [0.25, 0.3) is 0 Å². The fourth-order valence-corrected chi connectivity index (χ4v) is 2.15. The van der Waals surface area contributed by atoms with E-state index >= 15 is 0 Å². The molecule has 1 heteroatoms. The summed E-state index contributed by atoms with van der Waals surface area (Å²) >= 11 is 0. The first kappa shape index (κ1) is 15.0. The number of nitrogens with one attached hydrogen (secondary N) is 1. The lowest BCUT2D eigenvalue weighted by atomic mass is 9.87. The Balaban J connectivity index is 3.83. The van der Waals surface area contributed by atoms with Gasteiger partial charge >= 0.3 is 0 Å². The van der Waals surface area contributed by atoms with Gasteiger partial charge in [-0.05, 0) is 50.1 Å². The second-order valence-electron chi connectivity index (χ2n) is 5.45. The predicted molar refractivity (Wildman–Crippen MR) is 70.2 cm³/mol. The zero-order valence-corrected chi connectivity index (χ0v) is 11.5. The largest absolute Gasteiger partial charge is 0.316 e. The van der Waals surface area contributed by atoms with Crippen molar-refractivity contribution >= 4 is 0 Å². The molecule has 0 amide bonds. The molecule has 0 aromatic heterocycles. The van der Waals surface area contributed by atoms with Gasteiger partial charge in [-0.2, -0.15) is 0 Å². The maximum atomic E-state index is 3.57. The molecule has 0 aliphatic heterocycles. The monoisotopic (exact) mass is 213 g/mol. The molecule has 2 atom stereocenters. The van der Waals surface area contributed by atoms with Crippen molar-refractivity contribution < 1.29 is 0 Å². The Morgan fingerprint density at radius 1 is 1.00 bits per heavy atom. The van der Waals surface area contributed by atoms with E-state index in [9.17, 15) is 0 Å². The highest BCUT2D eigenvalue weighted by atomic mass is 14.8. The summed E-state index contributed by atoms with van der Waals surface area (Å²) < 4.78 is 0. The zero-order valence-electron chi connectivity index (χ0n) is 11.5. The number of hydrogen-bond donors (Lipinski definition) is 1. The Morgan fingerprint density at radius 2 is 1.67 bits per heavy atom. The third kappa shape index (κ3) is 8.92. The van der Waals surface area contributed by atoms with Gasteiger partial charge in [-0.1, -0.05) is 41.0 Å². The molecule has 0 spiro atoms. The van der Waals surface area contributed by atoms with Crippen LogP contribution < -0.4 is 5.32 Å². The minimum absolute atomic E-state index is 0.836. The molecule has 2 unspecified atom stereocenters. The van der Waals surface area contributed by atoms with Crippen LogP contribution in [0, 0.1) is 17.8 Å². The van der Waals surface area contributed by atoms with Gasteiger partial charge in [0.25, 0.3) is 0 Å². The lowest BCUT2D eigenvalue weighted by Gasteiger charge is -2.22. The van der Waals surface area contributed by atoms with Gasteiger partial charge in [-0.25, -0.2) is 0 Å². The van der Waals surface area contributed by atoms with Crippen LogP contribution in [-0.4, -0.2) is 13.1 Å². The quantitative estimate of drug-likeness (QED) is 0.569. The zero-order chi connectivity index (χ0) is 11.7. The molecule has 0 saturated carbocycles. The summed E-state index contributed by atoms with van der Waals surface area (Å²) in [4.78, 5) is 0. The van der Waals surface area contributed by atoms with Crippen LogP contribution in [0.3, 0.4) is 0 Å². The van der Waals surface area contributed by atoms with Crippen LogP contribution in [0.2, 0.25) is 0 Å². The Morgan fingerprint density at radius 3 is 2.13 bits per heavy atom. The second-order valence-corrected chi connectivity index (χ2v) is 5.45. The van der Waals surface area contributed by atoms with E-state index < -0.39 is 0 Å². The van der Waals surface area contributed by atoms with Crippen molar-refractivity contribution in [2.45, 2.75) is 60.3 Å². The average molecular weight is 213 g/mol. The van der Waals surface area contributed by atoms with Crippen LogP contribution in [0.1, 0.15) is 60.3 Å². The molecule has 1 N–H and O–H groups in total. The van der Waals surface area contributed by atoms with Gasteiger partial charge in [-0.15, -0.1) is 0 Å². The molecule has 92 valence electrons.